The Kier molecular flexibility index (Phi) is 5.52. The monoisotopic (exact) mass is 369 g/mol. The number of hydrogen-bond donors (Lipinski definition) is 2. The molecule has 1 fully saturated rings. The van der Waals surface area contributed by atoms with Crippen LogP contribution in [-0.4, -0.2) is 30.8 Å². The first-order chi connectivity index (χ1) is 12.5. The molecule has 2 aromatic carbocycles. The van der Waals surface area contributed by atoms with E-state index >= 15 is 0 Å². The van der Waals surface area contributed by atoms with Gasteiger partial charge in [-0.3, -0.25) is 4.79 Å². The van der Waals surface area contributed by atoms with Crippen LogP contribution in [0.1, 0.15) is 17.5 Å². The SMILES string of the molecule is CSc1ccccc1NC(=O)N[C@H]1CC(=O)N(c2ccc(C)c(C)c2)C1. The molecular formula is C20H23N3O2S. The van der Waals surface area contributed by atoms with Crippen LogP contribution >= 0.6 is 11.8 Å². The van der Waals surface area contributed by atoms with E-state index in [1.165, 1.54) is 5.56 Å². The minimum absolute atomic E-state index is 0.0306. The van der Waals surface area contributed by atoms with Crippen molar-refractivity contribution in [3.63, 3.8) is 0 Å². The van der Waals surface area contributed by atoms with Gasteiger partial charge in [-0.15, -0.1) is 11.8 Å². The first-order valence-corrected chi connectivity index (χ1v) is 9.78. The van der Waals surface area contributed by atoms with Crippen LogP contribution in [0.25, 0.3) is 0 Å². The van der Waals surface area contributed by atoms with Gasteiger partial charge in [-0.05, 0) is 55.5 Å². The molecule has 0 bridgehead atoms. The van der Waals surface area contributed by atoms with Gasteiger partial charge in [0.2, 0.25) is 5.91 Å². The van der Waals surface area contributed by atoms with Gasteiger partial charge in [0.15, 0.2) is 0 Å². The van der Waals surface area contributed by atoms with Crippen LogP contribution in [0.15, 0.2) is 47.4 Å². The summed E-state index contributed by atoms with van der Waals surface area (Å²) in [7, 11) is 0. The average molecular weight is 369 g/mol. The standard InChI is InChI=1S/C20H23N3O2S/c1-13-8-9-16(10-14(13)2)23-12-15(11-19(23)24)21-20(25)22-17-6-4-5-7-18(17)26-3/h4-10,15H,11-12H2,1-3H3,(H2,21,22,25)/t15-/m0/s1. The zero-order chi connectivity index (χ0) is 18.7. The zero-order valence-electron chi connectivity index (χ0n) is 15.2. The number of benzene rings is 2. The second kappa shape index (κ2) is 7.83. The topological polar surface area (TPSA) is 61.4 Å². The molecule has 0 saturated carbocycles. The molecule has 1 atom stereocenters. The van der Waals surface area contributed by atoms with Gasteiger partial charge < -0.3 is 15.5 Å². The Labute approximate surface area is 158 Å². The van der Waals surface area contributed by atoms with E-state index in [4.69, 9.17) is 0 Å². The van der Waals surface area contributed by atoms with Crippen LogP contribution in [-0.2, 0) is 4.79 Å². The van der Waals surface area contributed by atoms with Crippen molar-refractivity contribution in [3.05, 3.63) is 53.6 Å². The van der Waals surface area contributed by atoms with E-state index in [9.17, 15) is 9.59 Å². The fourth-order valence-corrected chi connectivity index (χ4v) is 3.59. The molecule has 0 spiro atoms. The predicted octanol–water partition coefficient (Wildman–Crippen LogP) is 3.95. The van der Waals surface area contributed by atoms with Crippen molar-refractivity contribution in [2.75, 3.05) is 23.0 Å². The van der Waals surface area contributed by atoms with Crippen molar-refractivity contribution in [1.29, 1.82) is 0 Å². The number of nitrogens with zero attached hydrogens (tertiary/aromatic N) is 1. The Hall–Kier alpha value is -2.47. The van der Waals surface area contributed by atoms with E-state index in [1.807, 2.05) is 62.6 Å². The minimum atomic E-state index is -0.286. The molecule has 1 aliphatic rings. The number of thioether (sulfide) groups is 1. The van der Waals surface area contributed by atoms with Crippen molar-refractivity contribution in [2.45, 2.75) is 31.2 Å². The first kappa shape index (κ1) is 18.3. The summed E-state index contributed by atoms with van der Waals surface area (Å²) in [6.45, 7) is 4.57. The average Bonchev–Trinajstić information content (AvgIpc) is 2.98. The molecular weight excluding hydrogens is 346 g/mol. The van der Waals surface area contributed by atoms with E-state index in [2.05, 4.69) is 10.6 Å². The number of rotatable bonds is 4. The van der Waals surface area contributed by atoms with Gasteiger partial charge in [0.25, 0.3) is 0 Å². The maximum Gasteiger partial charge on any atom is 0.319 e. The number of para-hydroxylation sites is 1. The second-order valence-electron chi connectivity index (χ2n) is 6.47. The second-order valence-corrected chi connectivity index (χ2v) is 7.32. The fraction of sp³-hybridized carbons (Fsp3) is 0.300. The van der Waals surface area contributed by atoms with Crippen LogP contribution < -0.4 is 15.5 Å². The number of hydrogen-bond acceptors (Lipinski definition) is 3. The third kappa shape index (κ3) is 4.02. The van der Waals surface area contributed by atoms with Crippen molar-refractivity contribution in [2.24, 2.45) is 0 Å². The Balaban J connectivity index is 1.63. The van der Waals surface area contributed by atoms with Crippen molar-refractivity contribution < 1.29 is 9.59 Å². The van der Waals surface area contributed by atoms with E-state index in [0.29, 0.717) is 13.0 Å². The highest BCUT2D eigenvalue weighted by Crippen LogP contribution is 2.26. The molecule has 3 rings (SSSR count). The number of amides is 3. The lowest BCUT2D eigenvalue weighted by Crippen LogP contribution is -2.39. The number of aryl methyl sites for hydroxylation is 2. The Bertz CT molecular complexity index is 838. The fourth-order valence-electron chi connectivity index (χ4n) is 3.04. The molecule has 6 heteroatoms. The summed E-state index contributed by atoms with van der Waals surface area (Å²) in [5.41, 5.74) is 4.00. The van der Waals surface area contributed by atoms with E-state index in [1.54, 1.807) is 16.7 Å². The highest BCUT2D eigenvalue weighted by molar-refractivity contribution is 7.98. The molecule has 2 aromatic rings. The molecule has 0 aromatic heterocycles. The summed E-state index contributed by atoms with van der Waals surface area (Å²) in [5.74, 6) is 0.0306. The summed E-state index contributed by atoms with van der Waals surface area (Å²) in [6, 6.07) is 13.2. The number of urea groups is 1. The molecule has 3 amide bonds. The van der Waals surface area contributed by atoms with Gasteiger partial charge >= 0.3 is 6.03 Å². The Morgan fingerprint density at radius 1 is 1.15 bits per heavy atom. The van der Waals surface area contributed by atoms with Crippen LogP contribution in [0, 0.1) is 13.8 Å². The first-order valence-electron chi connectivity index (χ1n) is 8.56. The van der Waals surface area contributed by atoms with Gasteiger partial charge in [0, 0.05) is 23.5 Å². The summed E-state index contributed by atoms with van der Waals surface area (Å²) < 4.78 is 0. The highest BCUT2D eigenvalue weighted by atomic mass is 32.2. The summed E-state index contributed by atoms with van der Waals surface area (Å²) in [4.78, 5) is 27.4. The molecule has 26 heavy (non-hydrogen) atoms. The lowest BCUT2D eigenvalue weighted by Gasteiger charge is -2.19. The van der Waals surface area contributed by atoms with Gasteiger partial charge in [0.1, 0.15) is 0 Å². The number of nitrogens with one attached hydrogen (secondary N) is 2. The van der Waals surface area contributed by atoms with Crippen LogP contribution in [0.4, 0.5) is 16.2 Å². The molecule has 1 saturated heterocycles. The maximum absolute atomic E-state index is 12.4. The summed E-state index contributed by atoms with van der Waals surface area (Å²) in [5, 5.41) is 5.79. The largest absolute Gasteiger partial charge is 0.333 e. The smallest absolute Gasteiger partial charge is 0.319 e. The van der Waals surface area contributed by atoms with Crippen molar-refractivity contribution in [3.8, 4) is 0 Å². The van der Waals surface area contributed by atoms with Gasteiger partial charge in [-0.25, -0.2) is 4.79 Å². The van der Waals surface area contributed by atoms with Crippen LogP contribution in [0.5, 0.6) is 0 Å². The predicted molar refractivity (Wildman–Crippen MR) is 107 cm³/mol. The van der Waals surface area contributed by atoms with Gasteiger partial charge in [0.05, 0.1) is 11.7 Å². The van der Waals surface area contributed by atoms with E-state index in [-0.39, 0.29) is 18.0 Å². The van der Waals surface area contributed by atoms with E-state index < -0.39 is 0 Å². The highest BCUT2D eigenvalue weighted by Gasteiger charge is 2.31. The lowest BCUT2D eigenvalue weighted by molar-refractivity contribution is -0.117. The van der Waals surface area contributed by atoms with Crippen molar-refractivity contribution in [1.82, 2.24) is 5.32 Å². The van der Waals surface area contributed by atoms with Gasteiger partial charge in [-0.1, -0.05) is 18.2 Å². The number of carbonyl (C=O) groups is 2. The zero-order valence-corrected chi connectivity index (χ0v) is 16.0. The minimum Gasteiger partial charge on any atom is -0.333 e. The van der Waals surface area contributed by atoms with Gasteiger partial charge in [-0.2, -0.15) is 0 Å². The molecule has 0 aliphatic carbocycles. The molecule has 0 unspecified atom stereocenters. The summed E-state index contributed by atoms with van der Waals surface area (Å²) in [6.07, 6.45) is 2.28. The van der Waals surface area contributed by atoms with E-state index in [0.717, 1.165) is 21.8 Å². The van der Waals surface area contributed by atoms with Crippen LogP contribution in [0.3, 0.4) is 0 Å². The molecule has 2 N–H and O–H groups in total. The lowest BCUT2D eigenvalue weighted by atomic mass is 10.1. The molecule has 5 nitrogen and oxygen atoms in total. The molecule has 0 radical (unpaired) electrons. The molecule has 1 heterocycles. The quantitative estimate of drug-likeness (QED) is 0.802. The summed E-state index contributed by atoms with van der Waals surface area (Å²) >= 11 is 1.58. The third-order valence-corrected chi connectivity index (χ3v) is 5.41. The maximum atomic E-state index is 12.4. The Morgan fingerprint density at radius 2 is 1.92 bits per heavy atom. The van der Waals surface area contributed by atoms with Crippen LogP contribution in [0.2, 0.25) is 0 Å². The Morgan fingerprint density at radius 3 is 2.65 bits per heavy atom. The number of anilines is 2. The number of carbonyl (C=O) groups excluding carboxylic acids is 2. The molecule has 1 aliphatic heterocycles. The van der Waals surface area contributed by atoms with Crippen molar-refractivity contribution >= 4 is 35.1 Å². The molecule has 136 valence electrons. The third-order valence-electron chi connectivity index (χ3n) is 4.62. The normalized spacial score (nSPS) is 16.7.